The van der Waals surface area contributed by atoms with E-state index < -0.39 is 0 Å². The monoisotopic (exact) mass is 232 g/mol. The van der Waals surface area contributed by atoms with E-state index >= 15 is 0 Å². The van der Waals surface area contributed by atoms with Gasteiger partial charge in [0.05, 0.1) is 7.11 Å². The van der Waals surface area contributed by atoms with Crippen LogP contribution in [0.15, 0.2) is 12.1 Å². The first-order chi connectivity index (χ1) is 8.08. The van der Waals surface area contributed by atoms with Crippen LogP contribution in [0.1, 0.15) is 36.6 Å². The average Bonchev–Trinajstić information content (AvgIpc) is 2.67. The lowest BCUT2D eigenvalue weighted by Crippen LogP contribution is -2.01. The minimum Gasteiger partial charge on any atom is -0.497 e. The van der Waals surface area contributed by atoms with Gasteiger partial charge in [-0.15, -0.1) is 0 Å². The Labute approximate surface area is 102 Å². The van der Waals surface area contributed by atoms with Gasteiger partial charge < -0.3 is 15.5 Å². The number of hydrogen-bond donors (Lipinski definition) is 2. The van der Waals surface area contributed by atoms with Gasteiger partial charge in [0.15, 0.2) is 0 Å². The Morgan fingerprint density at radius 2 is 2.06 bits per heavy atom. The molecule has 0 fully saturated rings. The van der Waals surface area contributed by atoms with E-state index in [1.807, 2.05) is 6.07 Å². The summed E-state index contributed by atoms with van der Waals surface area (Å²) in [5, 5.41) is 1.19. The molecule has 0 aliphatic heterocycles. The number of aryl methyl sites for hydroxylation is 1. The third-order valence-electron chi connectivity index (χ3n) is 3.24. The van der Waals surface area contributed by atoms with Crippen molar-refractivity contribution >= 4 is 10.9 Å². The van der Waals surface area contributed by atoms with Gasteiger partial charge in [0.1, 0.15) is 5.75 Å². The SMILES string of the molecule is COc1cc(C)c2[nH]c(C(C)C)c(CN)c2c1. The molecular formula is C14H20N2O. The predicted octanol–water partition coefficient (Wildman–Crippen LogP) is 3.07. The van der Waals surface area contributed by atoms with Crippen molar-refractivity contribution in [1.29, 1.82) is 0 Å². The summed E-state index contributed by atoms with van der Waals surface area (Å²) in [6.45, 7) is 7.00. The lowest BCUT2D eigenvalue weighted by atomic mass is 10.0. The van der Waals surface area contributed by atoms with E-state index in [4.69, 9.17) is 10.5 Å². The van der Waals surface area contributed by atoms with Gasteiger partial charge in [0, 0.05) is 23.1 Å². The number of fused-ring (bicyclic) bond motifs is 1. The van der Waals surface area contributed by atoms with E-state index in [1.54, 1.807) is 7.11 Å². The third kappa shape index (κ3) is 1.91. The molecule has 0 saturated carbocycles. The van der Waals surface area contributed by atoms with Crippen LogP contribution in [0.25, 0.3) is 10.9 Å². The summed E-state index contributed by atoms with van der Waals surface area (Å²) in [5.41, 5.74) is 10.7. The van der Waals surface area contributed by atoms with Crippen molar-refractivity contribution in [2.45, 2.75) is 33.2 Å². The van der Waals surface area contributed by atoms with Crippen molar-refractivity contribution in [2.75, 3.05) is 7.11 Å². The first-order valence-corrected chi connectivity index (χ1v) is 5.97. The molecule has 1 heterocycles. The molecule has 0 aliphatic rings. The quantitative estimate of drug-likeness (QED) is 0.854. The van der Waals surface area contributed by atoms with Crippen molar-refractivity contribution in [3.05, 3.63) is 29.0 Å². The number of ether oxygens (including phenoxy) is 1. The topological polar surface area (TPSA) is 51.0 Å². The molecule has 1 aromatic carbocycles. The number of nitrogens with two attached hydrogens (primary N) is 1. The molecular weight excluding hydrogens is 212 g/mol. The zero-order valence-corrected chi connectivity index (χ0v) is 10.9. The zero-order chi connectivity index (χ0) is 12.6. The van der Waals surface area contributed by atoms with Crippen LogP contribution >= 0.6 is 0 Å². The van der Waals surface area contributed by atoms with E-state index in [0.29, 0.717) is 12.5 Å². The zero-order valence-electron chi connectivity index (χ0n) is 10.9. The van der Waals surface area contributed by atoms with Gasteiger partial charge in [-0.05, 0) is 36.1 Å². The molecule has 0 aliphatic carbocycles. The van der Waals surface area contributed by atoms with Crippen LogP contribution in [0.3, 0.4) is 0 Å². The van der Waals surface area contributed by atoms with Crippen molar-refractivity contribution in [2.24, 2.45) is 5.73 Å². The molecule has 92 valence electrons. The molecule has 1 aromatic heterocycles. The minimum absolute atomic E-state index is 0.450. The van der Waals surface area contributed by atoms with Crippen molar-refractivity contribution in [3.63, 3.8) is 0 Å². The van der Waals surface area contributed by atoms with Gasteiger partial charge in [0.2, 0.25) is 0 Å². The smallest absolute Gasteiger partial charge is 0.119 e. The number of H-pyrrole nitrogens is 1. The first kappa shape index (κ1) is 12.0. The summed E-state index contributed by atoms with van der Waals surface area (Å²) in [7, 11) is 1.69. The highest BCUT2D eigenvalue weighted by Gasteiger charge is 2.15. The number of rotatable bonds is 3. The van der Waals surface area contributed by atoms with Crippen LogP contribution in [0.2, 0.25) is 0 Å². The van der Waals surface area contributed by atoms with Crippen molar-refractivity contribution < 1.29 is 4.74 Å². The van der Waals surface area contributed by atoms with Gasteiger partial charge in [-0.25, -0.2) is 0 Å². The van der Waals surface area contributed by atoms with E-state index in [1.165, 1.54) is 27.7 Å². The fourth-order valence-electron chi connectivity index (χ4n) is 2.34. The number of hydrogen-bond acceptors (Lipinski definition) is 2. The Bertz CT molecular complexity index is 541. The largest absolute Gasteiger partial charge is 0.497 e. The maximum atomic E-state index is 5.88. The molecule has 2 rings (SSSR count). The predicted molar refractivity (Wildman–Crippen MR) is 71.6 cm³/mol. The van der Waals surface area contributed by atoms with Crippen LogP contribution in [-0.2, 0) is 6.54 Å². The van der Waals surface area contributed by atoms with Crippen LogP contribution in [0.4, 0.5) is 0 Å². The lowest BCUT2D eigenvalue weighted by molar-refractivity contribution is 0.415. The molecule has 0 radical (unpaired) electrons. The molecule has 0 spiro atoms. The Balaban J connectivity index is 2.77. The van der Waals surface area contributed by atoms with Crippen LogP contribution in [0.5, 0.6) is 5.75 Å². The van der Waals surface area contributed by atoms with Crippen LogP contribution in [-0.4, -0.2) is 12.1 Å². The third-order valence-corrected chi connectivity index (χ3v) is 3.24. The summed E-state index contributed by atoms with van der Waals surface area (Å²) in [5.74, 6) is 1.34. The Morgan fingerprint density at radius 1 is 1.35 bits per heavy atom. The Hall–Kier alpha value is -1.48. The number of benzene rings is 1. The molecule has 0 amide bonds. The maximum absolute atomic E-state index is 5.88. The average molecular weight is 232 g/mol. The molecule has 0 unspecified atom stereocenters. The lowest BCUT2D eigenvalue weighted by Gasteiger charge is -2.05. The van der Waals surface area contributed by atoms with E-state index in [2.05, 4.69) is 31.8 Å². The van der Waals surface area contributed by atoms with E-state index in [9.17, 15) is 0 Å². The molecule has 3 N–H and O–H groups in total. The fourth-order valence-corrected chi connectivity index (χ4v) is 2.34. The van der Waals surface area contributed by atoms with Crippen molar-refractivity contribution in [3.8, 4) is 5.75 Å². The van der Waals surface area contributed by atoms with Crippen molar-refractivity contribution in [1.82, 2.24) is 4.98 Å². The second-order valence-corrected chi connectivity index (χ2v) is 4.74. The molecule has 0 bridgehead atoms. The molecule has 17 heavy (non-hydrogen) atoms. The second kappa shape index (κ2) is 4.41. The molecule has 3 heteroatoms. The van der Waals surface area contributed by atoms with E-state index in [0.717, 1.165) is 5.75 Å². The number of methoxy groups -OCH3 is 1. The summed E-state index contributed by atoms with van der Waals surface area (Å²) < 4.78 is 5.32. The van der Waals surface area contributed by atoms with Gasteiger partial charge >= 0.3 is 0 Å². The van der Waals surface area contributed by atoms with E-state index in [-0.39, 0.29) is 0 Å². The van der Waals surface area contributed by atoms with Gasteiger partial charge in [-0.3, -0.25) is 0 Å². The molecule has 3 nitrogen and oxygen atoms in total. The van der Waals surface area contributed by atoms with Gasteiger partial charge in [0.25, 0.3) is 0 Å². The fraction of sp³-hybridized carbons (Fsp3) is 0.429. The van der Waals surface area contributed by atoms with Gasteiger partial charge in [-0.2, -0.15) is 0 Å². The van der Waals surface area contributed by atoms with Crippen LogP contribution in [0, 0.1) is 6.92 Å². The Morgan fingerprint density at radius 3 is 2.59 bits per heavy atom. The molecule has 0 atom stereocenters. The summed E-state index contributed by atoms with van der Waals surface area (Å²) in [4.78, 5) is 3.50. The maximum Gasteiger partial charge on any atom is 0.119 e. The highest BCUT2D eigenvalue weighted by molar-refractivity contribution is 5.88. The molecule has 2 aromatic rings. The summed E-state index contributed by atoms with van der Waals surface area (Å²) in [6, 6.07) is 4.11. The highest BCUT2D eigenvalue weighted by Crippen LogP contribution is 2.32. The number of nitrogens with one attached hydrogen (secondary N) is 1. The first-order valence-electron chi connectivity index (χ1n) is 5.97. The number of aromatic amines is 1. The van der Waals surface area contributed by atoms with Gasteiger partial charge in [-0.1, -0.05) is 13.8 Å². The highest BCUT2D eigenvalue weighted by atomic mass is 16.5. The summed E-state index contributed by atoms with van der Waals surface area (Å²) >= 11 is 0. The standard InChI is InChI=1S/C14H20N2O/c1-8(2)13-12(7-15)11-6-10(17-4)5-9(3)14(11)16-13/h5-6,8,16H,7,15H2,1-4H3. The summed E-state index contributed by atoms with van der Waals surface area (Å²) in [6.07, 6.45) is 0. The van der Waals surface area contributed by atoms with Crippen LogP contribution < -0.4 is 10.5 Å². The second-order valence-electron chi connectivity index (χ2n) is 4.74. The number of aromatic nitrogens is 1. The Kier molecular flexibility index (Phi) is 3.11. The minimum atomic E-state index is 0.450. The normalized spacial score (nSPS) is 11.4. The molecule has 0 saturated heterocycles.